The van der Waals surface area contributed by atoms with Crippen molar-refractivity contribution < 1.29 is 9.21 Å². The molecule has 0 aliphatic carbocycles. The standard InChI is InChI=1S/C21H17N5O3/c22-8-4-10-25(12-15-5-3-9-23-11-15)18(27)13-26-14-24-19-16-6-1-2-7-17(16)29-20(19)21(26)28/h1-3,5-7,9,11,14H,4,10,12-13H2. The third kappa shape index (κ3) is 3.71. The van der Waals surface area contributed by atoms with Gasteiger partial charge in [0.25, 0.3) is 5.56 Å². The van der Waals surface area contributed by atoms with Gasteiger partial charge in [0.05, 0.1) is 18.8 Å². The van der Waals surface area contributed by atoms with Crippen LogP contribution in [0.5, 0.6) is 0 Å². The van der Waals surface area contributed by atoms with E-state index in [9.17, 15) is 9.59 Å². The summed E-state index contributed by atoms with van der Waals surface area (Å²) >= 11 is 0. The summed E-state index contributed by atoms with van der Waals surface area (Å²) in [7, 11) is 0. The molecule has 0 radical (unpaired) electrons. The number of hydrogen-bond acceptors (Lipinski definition) is 6. The Kier molecular flexibility index (Phi) is 5.03. The van der Waals surface area contributed by atoms with Crippen LogP contribution in [0.15, 0.2) is 64.3 Å². The van der Waals surface area contributed by atoms with Crippen molar-refractivity contribution in [2.75, 3.05) is 6.54 Å². The zero-order chi connectivity index (χ0) is 20.2. The predicted octanol–water partition coefficient (Wildman–Crippen LogP) is 2.48. The van der Waals surface area contributed by atoms with Crippen molar-refractivity contribution in [3.8, 4) is 6.07 Å². The fourth-order valence-corrected chi connectivity index (χ4v) is 3.16. The van der Waals surface area contributed by atoms with Crippen molar-refractivity contribution in [1.82, 2.24) is 19.4 Å². The Balaban J connectivity index is 1.62. The van der Waals surface area contributed by atoms with Gasteiger partial charge in [-0.25, -0.2) is 4.98 Å². The SMILES string of the molecule is N#CCCN(Cc1cccnc1)C(=O)Cn1cnc2c(oc3ccccc32)c1=O. The summed E-state index contributed by atoms with van der Waals surface area (Å²) in [6.45, 7) is 0.382. The highest BCUT2D eigenvalue weighted by Crippen LogP contribution is 2.24. The summed E-state index contributed by atoms with van der Waals surface area (Å²) in [4.78, 5) is 35.6. The third-order valence-corrected chi connectivity index (χ3v) is 4.60. The van der Waals surface area contributed by atoms with Crippen LogP contribution in [0.2, 0.25) is 0 Å². The second kappa shape index (κ2) is 7.94. The molecule has 1 aromatic carbocycles. The van der Waals surface area contributed by atoms with Gasteiger partial charge in [0.15, 0.2) is 0 Å². The smallest absolute Gasteiger partial charge is 0.297 e. The average Bonchev–Trinajstić information content (AvgIpc) is 3.13. The van der Waals surface area contributed by atoms with E-state index < -0.39 is 5.56 Å². The Morgan fingerprint density at radius 1 is 1.24 bits per heavy atom. The highest BCUT2D eigenvalue weighted by atomic mass is 16.3. The number of nitriles is 1. The first-order valence-electron chi connectivity index (χ1n) is 9.07. The molecule has 29 heavy (non-hydrogen) atoms. The topological polar surface area (TPSA) is 105 Å². The van der Waals surface area contributed by atoms with Crippen LogP contribution in [0.25, 0.3) is 22.1 Å². The maximum absolute atomic E-state index is 12.9. The Bertz CT molecular complexity index is 1270. The molecule has 1 amide bonds. The van der Waals surface area contributed by atoms with Gasteiger partial charge in [0.2, 0.25) is 11.5 Å². The summed E-state index contributed by atoms with van der Waals surface area (Å²) in [6.07, 6.45) is 4.87. The molecule has 4 rings (SSSR count). The molecule has 144 valence electrons. The minimum atomic E-state index is -0.416. The second-order valence-electron chi connectivity index (χ2n) is 6.54. The minimum absolute atomic E-state index is 0.123. The van der Waals surface area contributed by atoms with Crippen molar-refractivity contribution in [3.05, 3.63) is 71.0 Å². The zero-order valence-electron chi connectivity index (χ0n) is 15.5. The van der Waals surface area contributed by atoms with Crippen LogP contribution in [0.4, 0.5) is 0 Å². The van der Waals surface area contributed by atoms with Crippen molar-refractivity contribution >= 4 is 28.0 Å². The molecule has 8 nitrogen and oxygen atoms in total. The number of fused-ring (bicyclic) bond motifs is 3. The molecule has 0 aliphatic heterocycles. The lowest BCUT2D eigenvalue weighted by Gasteiger charge is -2.22. The van der Waals surface area contributed by atoms with Crippen LogP contribution < -0.4 is 5.56 Å². The van der Waals surface area contributed by atoms with Crippen LogP contribution in [0, 0.1) is 11.3 Å². The van der Waals surface area contributed by atoms with Gasteiger partial charge < -0.3 is 9.32 Å². The van der Waals surface area contributed by atoms with Gasteiger partial charge in [0.1, 0.15) is 17.6 Å². The maximum atomic E-state index is 12.9. The molecule has 0 aliphatic rings. The van der Waals surface area contributed by atoms with Gasteiger partial charge in [-0.3, -0.25) is 19.1 Å². The molecule has 0 saturated heterocycles. The van der Waals surface area contributed by atoms with Crippen molar-refractivity contribution in [1.29, 1.82) is 5.26 Å². The van der Waals surface area contributed by atoms with Crippen LogP contribution in [-0.2, 0) is 17.9 Å². The molecule has 0 unspecified atom stereocenters. The van der Waals surface area contributed by atoms with E-state index >= 15 is 0 Å². The quantitative estimate of drug-likeness (QED) is 0.503. The maximum Gasteiger partial charge on any atom is 0.297 e. The number of hydrogen-bond donors (Lipinski definition) is 0. The number of carbonyl (C=O) groups excluding carboxylic acids is 1. The van der Waals surface area contributed by atoms with Crippen LogP contribution in [0.3, 0.4) is 0 Å². The lowest BCUT2D eigenvalue weighted by Crippen LogP contribution is -2.36. The number of para-hydroxylation sites is 1. The first-order chi connectivity index (χ1) is 14.2. The number of amides is 1. The normalized spacial score (nSPS) is 10.9. The van der Waals surface area contributed by atoms with Gasteiger partial charge in [-0.1, -0.05) is 18.2 Å². The molecule has 3 aromatic heterocycles. The van der Waals surface area contributed by atoms with E-state index in [1.54, 1.807) is 24.5 Å². The molecule has 8 heteroatoms. The van der Waals surface area contributed by atoms with E-state index in [0.29, 0.717) is 17.6 Å². The Labute approximate surface area is 165 Å². The number of pyridine rings is 1. The molecule has 0 N–H and O–H groups in total. The number of nitrogens with zero attached hydrogens (tertiary/aromatic N) is 5. The summed E-state index contributed by atoms with van der Waals surface area (Å²) in [5, 5.41) is 9.66. The molecule has 0 saturated carbocycles. The number of benzene rings is 1. The molecule has 3 heterocycles. The van der Waals surface area contributed by atoms with Crippen molar-refractivity contribution in [3.63, 3.8) is 0 Å². The van der Waals surface area contributed by atoms with Gasteiger partial charge >= 0.3 is 0 Å². The Morgan fingerprint density at radius 3 is 2.90 bits per heavy atom. The number of furan rings is 1. The molecular formula is C21H17N5O3. The highest BCUT2D eigenvalue weighted by Gasteiger charge is 2.18. The summed E-state index contributed by atoms with van der Waals surface area (Å²) < 4.78 is 6.89. The lowest BCUT2D eigenvalue weighted by molar-refractivity contribution is -0.132. The third-order valence-electron chi connectivity index (χ3n) is 4.60. The monoisotopic (exact) mass is 387 g/mol. The van der Waals surface area contributed by atoms with Gasteiger partial charge in [-0.2, -0.15) is 5.26 Å². The molecule has 0 bridgehead atoms. The largest absolute Gasteiger partial charge is 0.448 e. The minimum Gasteiger partial charge on any atom is -0.448 e. The molecular weight excluding hydrogens is 370 g/mol. The van der Waals surface area contributed by atoms with E-state index in [-0.39, 0.29) is 31.0 Å². The fraction of sp³-hybridized carbons (Fsp3) is 0.190. The van der Waals surface area contributed by atoms with E-state index in [0.717, 1.165) is 10.9 Å². The van der Waals surface area contributed by atoms with Crippen molar-refractivity contribution in [2.45, 2.75) is 19.5 Å². The van der Waals surface area contributed by atoms with Crippen molar-refractivity contribution in [2.24, 2.45) is 0 Å². The lowest BCUT2D eigenvalue weighted by atomic mass is 10.2. The van der Waals surface area contributed by atoms with E-state index in [1.165, 1.54) is 15.8 Å². The Hall–Kier alpha value is -3.99. The summed E-state index contributed by atoms with van der Waals surface area (Å²) in [5.74, 6) is -0.288. The Morgan fingerprint density at radius 2 is 2.10 bits per heavy atom. The van der Waals surface area contributed by atoms with Crippen LogP contribution >= 0.6 is 0 Å². The van der Waals surface area contributed by atoms with Crippen LogP contribution in [0.1, 0.15) is 12.0 Å². The number of carbonyl (C=O) groups is 1. The zero-order valence-corrected chi connectivity index (χ0v) is 15.5. The van der Waals surface area contributed by atoms with Gasteiger partial charge in [-0.15, -0.1) is 0 Å². The number of rotatable bonds is 6. The van der Waals surface area contributed by atoms with Gasteiger partial charge in [0, 0.05) is 30.9 Å². The first kappa shape index (κ1) is 18.4. The fourth-order valence-electron chi connectivity index (χ4n) is 3.16. The summed E-state index contributed by atoms with van der Waals surface area (Å²) in [6, 6.07) is 13.0. The molecule has 0 spiro atoms. The molecule has 0 fully saturated rings. The van der Waals surface area contributed by atoms with E-state index in [1.807, 2.05) is 30.3 Å². The van der Waals surface area contributed by atoms with E-state index in [2.05, 4.69) is 9.97 Å². The molecule has 0 atom stereocenters. The second-order valence-corrected chi connectivity index (χ2v) is 6.54. The first-order valence-corrected chi connectivity index (χ1v) is 9.07. The highest BCUT2D eigenvalue weighted by molar-refractivity contribution is 6.01. The van der Waals surface area contributed by atoms with Gasteiger partial charge in [-0.05, 0) is 23.8 Å². The predicted molar refractivity (Wildman–Crippen MR) is 106 cm³/mol. The average molecular weight is 387 g/mol. The molecule has 4 aromatic rings. The van der Waals surface area contributed by atoms with Crippen LogP contribution in [-0.4, -0.2) is 31.9 Å². The van der Waals surface area contributed by atoms with E-state index in [4.69, 9.17) is 9.68 Å². The summed E-state index contributed by atoms with van der Waals surface area (Å²) in [5.41, 5.74) is 1.60. The number of aromatic nitrogens is 3.